The van der Waals surface area contributed by atoms with E-state index in [0.29, 0.717) is 0 Å². The van der Waals surface area contributed by atoms with Gasteiger partial charge in [-0.15, -0.1) is 0 Å². The van der Waals surface area contributed by atoms with Crippen LogP contribution in [0.1, 0.15) is 47.2 Å². The van der Waals surface area contributed by atoms with Gasteiger partial charge < -0.3 is 9.32 Å². The molecule has 1 heterocycles. The fraction of sp³-hybridized carbons (Fsp3) is 0.0612. The molecule has 0 spiro atoms. The Balaban J connectivity index is 1.14. The van der Waals surface area contributed by atoms with Gasteiger partial charge in [-0.25, -0.2) is 0 Å². The fourth-order valence-corrected chi connectivity index (χ4v) is 7.57. The van der Waals surface area contributed by atoms with Crippen molar-refractivity contribution in [3.05, 3.63) is 197 Å². The van der Waals surface area contributed by atoms with Crippen LogP contribution < -0.4 is 4.90 Å². The summed E-state index contributed by atoms with van der Waals surface area (Å²) >= 11 is 0. The molecule has 0 saturated heterocycles. The summed E-state index contributed by atoms with van der Waals surface area (Å²) in [7, 11) is 0. The molecule has 0 N–H and O–H groups in total. The molecule has 2 heteroatoms. The van der Waals surface area contributed by atoms with Gasteiger partial charge in [-0.05, 0) is 80.9 Å². The molecule has 1 aromatic heterocycles. The van der Waals surface area contributed by atoms with Crippen LogP contribution in [-0.4, -0.2) is 0 Å². The first-order valence-electron chi connectivity index (χ1n) is 17.6. The highest BCUT2D eigenvalue weighted by Gasteiger charge is 2.36. The third kappa shape index (κ3) is 5.56. The molecule has 244 valence electrons. The average Bonchev–Trinajstić information content (AvgIpc) is 3.67. The fourth-order valence-electron chi connectivity index (χ4n) is 7.57. The lowest BCUT2D eigenvalue weighted by atomic mass is 9.81. The Kier molecular flexibility index (Phi) is 7.51. The van der Waals surface area contributed by atoms with E-state index in [4.69, 9.17) is 4.42 Å². The van der Waals surface area contributed by atoms with E-state index in [1.54, 1.807) is 0 Å². The Labute approximate surface area is 299 Å². The molecule has 0 aliphatic heterocycles. The van der Waals surface area contributed by atoms with Crippen molar-refractivity contribution in [1.82, 2.24) is 0 Å². The van der Waals surface area contributed by atoms with Gasteiger partial charge in [0.15, 0.2) is 5.58 Å². The molecule has 0 amide bonds. The normalized spacial score (nSPS) is 13.3. The van der Waals surface area contributed by atoms with E-state index in [9.17, 15) is 0 Å². The van der Waals surface area contributed by atoms with Gasteiger partial charge in [0.05, 0.1) is 5.69 Å². The molecule has 8 aromatic rings. The number of nitrogens with zero attached hydrogens (tertiary/aromatic N) is 1. The zero-order valence-corrected chi connectivity index (χ0v) is 28.8. The summed E-state index contributed by atoms with van der Waals surface area (Å²) in [5.74, 6) is 0. The standard InChI is InChI=1S/C49H37NO/c1-49(2)44-32-37(23-22-35-14-7-4-8-15-35)26-30-40(44)41-31-29-39(33-45(41)49)50(38-27-24-36(25-28-38)21-20-34-12-5-3-6-13-34)46-18-11-17-43-42-16-9-10-19-47(42)51-48(43)46/h3-33H,1-2H3. The minimum Gasteiger partial charge on any atom is -0.454 e. The molecular weight excluding hydrogens is 619 g/mol. The highest BCUT2D eigenvalue weighted by Crippen LogP contribution is 2.51. The van der Waals surface area contributed by atoms with Crippen LogP contribution in [0, 0.1) is 0 Å². The third-order valence-corrected chi connectivity index (χ3v) is 10.3. The van der Waals surface area contributed by atoms with Crippen molar-refractivity contribution in [1.29, 1.82) is 0 Å². The van der Waals surface area contributed by atoms with E-state index in [0.717, 1.165) is 44.6 Å². The molecule has 9 rings (SSSR count). The molecule has 0 unspecified atom stereocenters. The van der Waals surface area contributed by atoms with E-state index < -0.39 is 0 Å². The van der Waals surface area contributed by atoms with Gasteiger partial charge in [0.25, 0.3) is 0 Å². The number of hydrogen-bond donors (Lipinski definition) is 0. The summed E-state index contributed by atoms with van der Waals surface area (Å²) in [6.45, 7) is 4.70. The van der Waals surface area contributed by atoms with Crippen molar-refractivity contribution < 1.29 is 4.42 Å². The topological polar surface area (TPSA) is 16.4 Å². The average molecular weight is 656 g/mol. The van der Waals surface area contributed by atoms with E-state index in [1.807, 2.05) is 12.1 Å². The SMILES string of the molecule is CC1(C)c2cc(C=Cc3ccccc3)ccc2-c2ccc(N(c3ccc(C=Cc4ccccc4)cc3)c3cccc4c3oc3ccccc34)cc21. The summed E-state index contributed by atoms with van der Waals surface area (Å²) in [5, 5.41) is 2.24. The molecule has 0 bridgehead atoms. The van der Waals surface area contributed by atoms with Crippen LogP contribution in [0.3, 0.4) is 0 Å². The first kappa shape index (κ1) is 30.7. The van der Waals surface area contributed by atoms with Crippen LogP contribution in [0.2, 0.25) is 0 Å². The van der Waals surface area contributed by atoms with Crippen molar-refractivity contribution >= 4 is 63.3 Å². The predicted molar refractivity (Wildman–Crippen MR) is 217 cm³/mol. The van der Waals surface area contributed by atoms with Gasteiger partial charge >= 0.3 is 0 Å². The Bertz CT molecular complexity index is 2590. The molecule has 1 aliphatic rings. The molecular formula is C49H37NO. The molecule has 0 atom stereocenters. The van der Waals surface area contributed by atoms with Gasteiger partial charge in [-0.3, -0.25) is 0 Å². The molecule has 0 fully saturated rings. The first-order chi connectivity index (χ1) is 25.0. The summed E-state index contributed by atoms with van der Waals surface area (Å²) < 4.78 is 6.61. The Morgan fingerprint density at radius 2 is 0.980 bits per heavy atom. The highest BCUT2D eigenvalue weighted by atomic mass is 16.3. The Morgan fingerprint density at radius 1 is 0.451 bits per heavy atom. The maximum Gasteiger partial charge on any atom is 0.159 e. The Hall–Kier alpha value is -6.38. The lowest BCUT2D eigenvalue weighted by Crippen LogP contribution is -2.16. The minimum absolute atomic E-state index is 0.180. The first-order valence-corrected chi connectivity index (χ1v) is 17.6. The second-order valence-corrected chi connectivity index (χ2v) is 13.8. The van der Waals surface area contributed by atoms with E-state index in [2.05, 4.69) is 195 Å². The maximum absolute atomic E-state index is 6.61. The lowest BCUT2D eigenvalue weighted by molar-refractivity contribution is 0.660. The van der Waals surface area contributed by atoms with Crippen LogP contribution >= 0.6 is 0 Å². The van der Waals surface area contributed by atoms with Gasteiger partial charge in [0.1, 0.15) is 5.58 Å². The second kappa shape index (κ2) is 12.5. The van der Waals surface area contributed by atoms with Crippen LogP contribution in [0.5, 0.6) is 0 Å². The minimum atomic E-state index is -0.180. The van der Waals surface area contributed by atoms with Crippen molar-refractivity contribution in [2.24, 2.45) is 0 Å². The molecule has 0 radical (unpaired) electrons. The van der Waals surface area contributed by atoms with Gasteiger partial charge in [0, 0.05) is 27.6 Å². The van der Waals surface area contributed by atoms with Crippen LogP contribution in [-0.2, 0) is 5.41 Å². The second-order valence-electron chi connectivity index (χ2n) is 13.8. The van der Waals surface area contributed by atoms with Crippen molar-refractivity contribution in [2.45, 2.75) is 19.3 Å². The molecule has 51 heavy (non-hydrogen) atoms. The summed E-state index contributed by atoms with van der Waals surface area (Å²) in [6, 6.07) is 58.3. The monoisotopic (exact) mass is 655 g/mol. The summed E-state index contributed by atoms with van der Waals surface area (Å²) in [4.78, 5) is 2.35. The van der Waals surface area contributed by atoms with Crippen molar-refractivity contribution in [3.63, 3.8) is 0 Å². The number of para-hydroxylation sites is 2. The van der Waals surface area contributed by atoms with E-state index in [-0.39, 0.29) is 5.41 Å². The smallest absolute Gasteiger partial charge is 0.159 e. The number of anilines is 3. The van der Waals surface area contributed by atoms with E-state index >= 15 is 0 Å². The Morgan fingerprint density at radius 3 is 1.69 bits per heavy atom. The third-order valence-electron chi connectivity index (χ3n) is 10.3. The molecule has 7 aromatic carbocycles. The van der Waals surface area contributed by atoms with Gasteiger partial charge in [-0.1, -0.05) is 166 Å². The van der Waals surface area contributed by atoms with Crippen molar-refractivity contribution in [2.75, 3.05) is 4.90 Å². The van der Waals surface area contributed by atoms with E-state index in [1.165, 1.54) is 38.9 Å². The van der Waals surface area contributed by atoms with Crippen LogP contribution in [0.15, 0.2) is 168 Å². The summed E-state index contributed by atoms with van der Waals surface area (Å²) in [5.41, 5.74) is 14.8. The molecule has 0 saturated carbocycles. The number of hydrogen-bond acceptors (Lipinski definition) is 2. The zero-order valence-electron chi connectivity index (χ0n) is 28.8. The number of fused-ring (bicyclic) bond motifs is 6. The number of furan rings is 1. The quantitative estimate of drug-likeness (QED) is 0.159. The van der Waals surface area contributed by atoms with Crippen molar-refractivity contribution in [3.8, 4) is 11.1 Å². The van der Waals surface area contributed by atoms with Crippen LogP contribution in [0.4, 0.5) is 17.1 Å². The highest BCUT2D eigenvalue weighted by molar-refractivity contribution is 6.10. The van der Waals surface area contributed by atoms with Gasteiger partial charge in [-0.2, -0.15) is 0 Å². The van der Waals surface area contributed by atoms with Crippen LogP contribution in [0.25, 0.3) is 57.4 Å². The molecule has 2 nitrogen and oxygen atoms in total. The van der Waals surface area contributed by atoms with Gasteiger partial charge in [0.2, 0.25) is 0 Å². The summed E-state index contributed by atoms with van der Waals surface area (Å²) in [6.07, 6.45) is 8.73. The zero-order chi connectivity index (χ0) is 34.4. The largest absolute Gasteiger partial charge is 0.454 e. The maximum atomic E-state index is 6.61. The lowest BCUT2D eigenvalue weighted by Gasteiger charge is -2.28. The number of rotatable bonds is 7. The molecule has 1 aliphatic carbocycles. The predicted octanol–water partition coefficient (Wildman–Crippen LogP) is 13.7. The number of benzene rings is 7.